The minimum Gasteiger partial charge on any atom is -0.495 e. The number of carbonyl (C=O) groups is 1. The number of aryl methyl sites for hydroxylation is 1. The molecule has 0 radical (unpaired) electrons. The Morgan fingerprint density at radius 2 is 1.80 bits per heavy atom. The van der Waals surface area contributed by atoms with Gasteiger partial charge in [0.05, 0.1) is 24.2 Å². The van der Waals surface area contributed by atoms with Gasteiger partial charge in [-0.1, -0.05) is 30.3 Å². The summed E-state index contributed by atoms with van der Waals surface area (Å²) in [6.07, 6.45) is 7.26. The van der Waals surface area contributed by atoms with E-state index in [1.807, 2.05) is 49.6 Å². The van der Waals surface area contributed by atoms with Gasteiger partial charge in [-0.3, -0.25) is 4.79 Å². The number of aromatic nitrogens is 2. The summed E-state index contributed by atoms with van der Waals surface area (Å²) in [4.78, 5) is 25.2. The number of benzene rings is 2. The molecule has 3 aliphatic rings. The smallest absolute Gasteiger partial charge is 0.251 e. The number of fused-ring (bicyclic) bond motifs is 1. The molecule has 230 valence electrons. The Morgan fingerprint density at radius 1 is 1.02 bits per heavy atom. The molecule has 2 aliphatic heterocycles. The van der Waals surface area contributed by atoms with E-state index in [1.165, 1.54) is 0 Å². The van der Waals surface area contributed by atoms with E-state index < -0.39 is 0 Å². The second-order valence-corrected chi connectivity index (χ2v) is 11.6. The quantitative estimate of drug-likeness (QED) is 0.297. The molecule has 1 amide bonds. The third-order valence-corrected chi connectivity index (χ3v) is 8.89. The van der Waals surface area contributed by atoms with E-state index in [0.717, 1.165) is 80.1 Å². The van der Waals surface area contributed by atoms with E-state index in [9.17, 15) is 4.79 Å². The van der Waals surface area contributed by atoms with Gasteiger partial charge in [0, 0.05) is 68.5 Å². The highest BCUT2D eigenvalue weighted by atomic mass is 16.5. The van der Waals surface area contributed by atoms with Crippen molar-refractivity contribution in [3.05, 3.63) is 77.1 Å². The van der Waals surface area contributed by atoms with Gasteiger partial charge in [-0.25, -0.2) is 9.97 Å². The van der Waals surface area contributed by atoms with E-state index in [4.69, 9.17) is 19.9 Å². The molecule has 3 heterocycles. The zero-order valence-corrected chi connectivity index (χ0v) is 25.5. The lowest BCUT2D eigenvalue weighted by molar-refractivity contribution is 0.0238. The molecule has 3 aromatic rings. The number of piperidine rings is 1. The van der Waals surface area contributed by atoms with E-state index >= 15 is 0 Å². The van der Waals surface area contributed by atoms with Crippen LogP contribution in [0, 0.1) is 5.41 Å². The number of ether oxygens (including phenoxy) is 2. The van der Waals surface area contributed by atoms with Gasteiger partial charge in [0.25, 0.3) is 5.91 Å². The van der Waals surface area contributed by atoms with Gasteiger partial charge in [-0.05, 0) is 67.9 Å². The van der Waals surface area contributed by atoms with E-state index in [2.05, 4.69) is 25.8 Å². The van der Waals surface area contributed by atoms with Crippen LogP contribution in [-0.2, 0) is 11.2 Å². The van der Waals surface area contributed by atoms with Crippen LogP contribution in [0.15, 0.2) is 54.7 Å². The standard InChI is InChI=1S/C34H41N7O3/c1-36-31(22-6-4-3-5-7-22)30-27(35)10-8-24-21-37-34(40-32(24)30)39-28-11-9-23(20-29(28)43-2)33(42)38-25-12-16-41(17-13-25)26-14-18-44-19-15-26/h3-7,9,11,20-21,25-26,35-36H,8,10,12-19H2,1-2H3,(H,38,42)(H,37,39,40)/b31-30+,35-27?. The van der Waals surface area contributed by atoms with Gasteiger partial charge < -0.3 is 35.7 Å². The highest BCUT2D eigenvalue weighted by molar-refractivity contribution is 6.29. The second-order valence-electron chi connectivity index (χ2n) is 11.6. The number of amides is 1. The maximum atomic E-state index is 13.2. The Morgan fingerprint density at radius 3 is 2.52 bits per heavy atom. The van der Waals surface area contributed by atoms with Crippen LogP contribution >= 0.6 is 0 Å². The lowest BCUT2D eigenvalue weighted by Crippen LogP contribution is -2.49. The van der Waals surface area contributed by atoms with Crippen LogP contribution in [0.2, 0.25) is 0 Å². The second kappa shape index (κ2) is 13.6. The molecule has 44 heavy (non-hydrogen) atoms. The first-order valence-corrected chi connectivity index (χ1v) is 15.5. The third kappa shape index (κ3) is 6.46. The van der Waals surface area contributed by atoms with E-state index in [-0.39, 0.29) is 11.9 Å². The molecule has 0 bridgehead atoms. The van der Waals surface area contributed by atoms with Crippen molar-refractivity contribution in [2.75, 3.05) is 45.8 Å². The fourth-order valence-electron chi connectivity index (χ4n) is 6.47. The average Bonchev–Trinajstić information content (AvgIpc) is 3.07. The predicted molar refractivity (Wildman–Crippen MR) is 173 cm³/mol. The highest BCUT2D eigenvalue weighted by Gasteiger charge is 2.28. The zero-order valence-electron chi connectivity index (χ0n) is 25.5. The van der Waals surface area contributed by atoms with Crippen LogP contribution in [0.4, 0.5) is 11.6 Å². The first-order chi connectivity index (χ1) is 21.5. The molecular formula is C34H41N7O3. The molecule has 2 aromatic carbocycles. The summed E-state index contributed by atoms with van der Waals surface area (Å²) in [5, 5.41) is 18.6. The van der Waals surface area contributed by atoms with Gasteiger partial charge in [-0.2, -0.15) is 0 Å². The SMILES string of the molecule is CN/C(=C1\C(=N)CCc2cnc(Nc3ccc(C(=O)NC4CCN(C5CCOCC5)CC4)cc3OC)nc21)c1ccccc1. The Kier molecular flexibility index (Phi) is 9.18. The lowest BCUT2D eigenvalue weighted by Gasteiger charge is -2.39. The van der Waals surface area contributed by atoms with Gasteiger partial charge >= 0.3 is 0 Å². The summed E-state index contributed by atoms with van der Waals surface area (Å²) in [6.45, 7) is 3.70. The molecule has 2 fully saturated rings. The van der Waals surface area contributed by atoms with Crippen LogP contribution in [0.5, 0.6) is 5.75 Å². The van der Waals surface area contributed by atoms with Crippen LogP contribution in [-0.4, -0.2) is 79.0 Å². The van der Waals surface area contributed by atoms with Crippen molar-refractivity contribution in [2.45, 2.75) is 50.6 Å². The zero-order chi connectivity index (χ0) is 30.5. The topological polar surface area (TPSA) is 124 Å². The van der Waals surface area contributed by atoms with Crippen molar-refractivity contribution < 1.29 is 14.3 Å². The van der Waals surface area contributed by atoms with Crippen molar-refractivity contribution in [3.8, 4) is 5.75 Å². The minimum absolute atomic E-state index is 0.0989. The number of nitrogens with zero attached hydrogens (tertiary/aromatic N) is 3. The van der Waals surface area contributed by atoms with Crippen molar-refractivity contribution in [1.29, 1.82) is 5.41 Å². The molecular weight excluding hydrogens is 554 g/mol. The van der Waals surface area contributed by atoms with Crippen molar-refractivity contribution in [1.82, 2.24) is 25.5 Å². The molecule has 0 unspecified atom stereocenters. The Labute approximate surface area is 258 Å². The van der Waals surface area contributed by atoms with Crippen LogP contribution in [0.3, 0.4) is 0 Å². The van der Waals surface area contributed by atoms with Crippen molar-refractivity contribution >= 4 is 34.5 Å². The average molecular weight is 596 g/mol. The molecule has 10 heteroatoms. The monoisotopic (exact) mass is 595 g/mol. The summed E-state index contributed by atoms with van der Waals surface area (Å²) >= 11 is 0. The van der Waals surface area contributed by atoms with Crippen molar-refractivity contribution in [3.63, 3.8) is 0 Å². The number of carbonyl (C=O) groups excluding carboxylic acids is 1. The fourth-order valence-corrected chi connectivity index (χ4v) is 6.47. The maximum Gasteiger partial charge on any atom is 0.251 e. The molecule has 6 rings (SSSR count). The molecule has 10 nitrogen and oxygen atoms in total. The van der Waals surface area contributed by atoms with Gasteiger partial charge in [0.2, 0.25) is 5.95 Å². The Balaban J connectivity index is 1.16. The van der Waals surface area contributed by atoms with Crippen LogP contribution < -0.4 is 20.7 Å². The number of hydrogen-bond donors (Lipinski definition) is 4. The number of rotatable bonds is 8. The summed E-state index contributed by atoms with van der Waals surface area (Å²) in [6, 6.07) is 16.1. The lowest BCUT2D eigenvalue weighted by atomic mass is 9.87. The van der Waals surface area contributed by atoms with Crippen molar-refractivity contribution in [2.24, 2.45) is 0 Å². The first-order valence-electron chi connectivity index (χ1n) is 15.5. The van der Waals surface area contributed by atoms with Gasteiger partial charge in [0.1, 0.15) is 5.75 Å². The Bertz CT molecular complexity index is 1530. The largest absolute Gasteiger partial charge is 0.495 e. The molecule has 1 aromatic heterocycles. The predicted octanol–water partition coefficient (Wildman–Crippen LogP) is 4.66. The molecule has 0 saturated carbocycles. The fraction of sp³-hybridized carbons (Fsp3) is 0.412. The van der Waals surface area contributed by atoms with Crippen LogP contribution in [0.25, 0.3) is 11.3 Å². The van der Waals surface area contributed by atoms with Gasteiger partial charge in [-0.15, -0.1) is 0 Å². The normalized spacial score (nSPS) is 19.2. The van der Waals surface area contributed by atoms with E-state index in [0.29, 0.717) is 47.5 Å². The van der Waals surface area contributed by atoms with E-state index in [1.54, 1.807) is 19.2 Å². The molecule has 2 saturated heterocycles. The minimum atomic E-state index is -0.0989. The highest BCUT2D eigenvalue weighted by Crippen LogP contribution is 2.34. The number of anilines is 2. The molecule has 0 atom stereocenters. The first kappa shape index (κ1) is 29.8. The molecule has 1 aliphatic carbocycles. The summed E-state index contributed by atoms with van der Waals surface area (Å²) in [7, 11) is 3.46. The Hall–Kier alpha value is -4.28. The maximum absolute atomic E-state index is 13.2. The van der Waals surface area contributed by atoms with Gasteiger partial charge in [0.15, 0.2) is 0 Å². The summed E-state index contributed by atoms with van der Waals surface area (Å²) < 4.78 is 11.2. The number of hydrogen-bond acceptors (Lipinski definition) is 9. The number of allylic oxidation sites excluding steroid dienone is 1. The summed E-state index contributed by atoms with van der Waals surface area (Å²) in [5.41, 5.74) is 6.13. The number of methoxy groups -OCH3 is 1. The third-order valence-electron chi connectivity index (χ3n) is 8.89. The number of likely N-dealkylation sites (tertiary alicyclic amines) is 1. The molecule has 4 N–H and O–H groups in total. The molecule has 0 spiro atoms. The number of nitrogens with one attached hydrogen (secondary N) is 4. The van der Waals surface area contributed by atoms with Crippen LogP contribution in [0.1, 0.15) is 59.3 Å². The summed E-state index contributed by atoms with van der Waals surface area (Å²) in [5.74, 6) is 0.821.